The lowest BCUT2D eigenvalue weighted by Gasteiger charge is -2.04. The Kier molecular flexibility index (Phi) is 3.52. The van der Waals surface area contributed by atoms with Crippen molar-refractivity contribution in [3.05, 3.63) is 34.0 Å². The van der Waals surface area contributed by atoms with Crippen LogP contribution in [0.3, 0.4) is 0 Å². The first-order chi connectivity index (χ1) is 8.99. The number of aliphatic imine (C=N–C) groups is 1. The number of benzene rings is 1. The van der Waals surface area contributed by atoms with Crippen LogP contribution in [0.1, 0.15) is 5.56 Å². The SMILES string of the molecule is CN(C)/C=N/C(=S)c1cc([N+](=O)[O-])c2cn[nH]c2c1. The van der Waals surface area contributed by atoms with Gasteiger partial charge in [-0.25, -0.2) is 4.99 Å². The van der Waals surface area contributed by atoms with Crippen LogP contribution < -0.4 is 0 Å². The first kappa shape index (κ1) is 13.1. The van der Waals surface area contributed by atoms with Crippen molar-refractivity contribution in [2.45, 2.75) is 0 Å². The molecule has 0 aliphatic heterocycles. The summed E-state index contributed by atoms with van der Waals surface area (Å²) in [5, 5.41) is 18.0. The van der Waals surface area contributed by atoms with Gasteiger partial charge in [-0.15, -0.1) is 0 Å². The highest BCUT2D eigenvalue weighted by Crippen LogP contribution is 2.26. The zero-order chi connectivity index (χ0) is 14.0. The van der Waals surface area contributed by atoms with Crippen molar-refractivity contribution >= 4 is 40.1 Å². The molecular weight excluding hydrogens is 266 g/mol. The zero-order valence-corrected chi connectivity index (χ0v) is 11.1. The monoisotopic (exact) mass is 277 g/mol. The van der Waals surface area contributed by atoms with Gasteiger partial charge >= 0.3 is 0 Å². The largest absolute Gasteiger partial charge is 0.369 e. The molecule has 0 unspecified atom stereocenters. The van der Waals surface area contributed by atoms with Crippen molar-refractivity contribution in [2.24, 2.45) is 4.99 Å². The molecule has 8 heteroatoms. The second-order valence-corrected chi connectivity index (χ2v) is 4.48. The Bertz CT molecular complexity index is 677. The van der Waals surface area contributed by atoms with Gasteiger partial charge in [-0.1, -0.05) is 12.2 Å². The Hall–Kier alpha value is -2.35. The Balaban J connectivity index is 2.50. The van der Waals surface area contributed by atoms with E-state index in [0.29, 0.717) is 16.5 Å². The maximum absolute atomic E-state index is 11.0. The molecule has 2 aromatic rings. The zero-order valence-electron chi connectivity index (χ0n) is 10.3. The molecule has 19 heavy (non-hydrogen) atoms. The number of H-pyrrole nitrogens is 1. The van der Waals surface area contributed by atoms with Crippen LogP contribution >= 0.6 is 12.2 Å². The number of hydrogen-bond donors (Lipinski definition) is 1. The summed E-state index contributed by atoms with van der Waals surface area (Å²) in [5.41, 5.74) is 1.03. The van der Waals surface area contributed by atoms with Crippen molar-refractivity contribution in [3.8, 4) is 0 Å². The molecule has 0 saturated heterocycles. The summed E-state index contributed by atoms with van der Waals surface area (Å²) in [5.74, 6) is 0. The molecular formula is C11H11N5O2S. The van der Waals surface area contributed by atoms with Crippen LogP contribution in [0.5, 0.6) is 0 Å². The number of nitrogens with zero attached hydrogens (tertiary/aromatic N) is 4. The van der Waals surface area contributed by atoms with Crippen LogP contribution in [0.25, 0.3) is 10.9 Å². The highest BCUT2D eigenvalue weighted by atomic mass is 32.1. The average Bonchev–Trinajstić information content (AvgIpc) is 2.82. The fraction of sp³-hybridized carbons (Fsp3) is 0.182. The average molecular weight is 277 g/mol. The highest BCUT2D eigenvalue weighted by Gasteiger charge is 2.16. The first-order valence-electron chi connectivity index (χ1n) is 5.35. The van der Waals surface area contributed by atoms with Gasteiger partial charge in [0.25, 0.3) is 5.69 Å². The summed E-state index contributed by atoms with van der Waals surface area (Å²) in [6.45, 7) is 0. The van der Waals surface area contributed by atoms with Crippen molar-refractivity contribution in [1.82, 2.24) is 15.1 Å². The molecule has 1 N–H and O–H groups in total. The quantitative estimate of drug-likeness (QED) is 0.303. The molecule has 1 heterocycles. The van der Waals surface area contributed by atoms with Gasteiger partial charge in [0, 0.05) is 25.7 Å². The second-order valence-electron chi connectivity index (χ2n) is 4.10. The van der Waals surface area contributed by atoms with E-state index in [9.17, 15) is 10.1 Å². The predicted octanol–water partition coefficient (Wildman–Crippen LogP) is 1.74. The molecule has 0 spiro atoms. The molecule has 98 valence electrons. The summed E-state index contributed by atoms with van der Waals surface area (Å²) < 4.78 is 0. The third-order valence-electron chi connectivity index (χ3n) is 2.39. The van der Waals surface area contributed by atoms with Crippen molar-refractivity contribution in [2.75, 3.05) is 14.1 Å². The molecule has 7 nitrogen and oxygen atoms in total. The van der Waals surface area contributed by atoms with Crippen LogP contribution in [0.4, 0.5) is 5.69 Å². The molecule has 0 amide bonds. The van der Waals surface area contributed by atoms with Gasteiger partial charge in [0.05, 0.1) is 28.4 Å². The Morgan fingerprint density at radius 3 is 2.95 bits per heavy atom. The van der Waals surface area contributed by atoms with E-state index in [1.165, 1.54) is 12.3 Å². The molecule has 0 saturated carbocycles. The summed E-state index contributed by atoms with van der Waals surface area (Å²) >= 11 is 5.14. The number of fused-ring (bicyclic) bond motifs is 1. The summed E-state index contributed by atoms with van der Waals surface area (Å²) in [6, 6.07) is 3.11. The second kappa shape index (κ2) is 5.11. The summed E-state index contributed by atoms with van der Waals surface area (Å²) in [4.78, 5) is 16.6. The number of hydrogen-bond acceptors (Lipinski definition) is 4. The van der Waals surface area contributed by atoms with E-state index in [4.69, 9.17) is 12.2 Å². The number of thiocarbonyl (C=S) groups is 1. The molecule has 0 radical (unpaired) electrons. The molecule has 1 aromatic carbocycles. The minimum Gasteiger partial charge on any atom is -0.369 e. The van der Waals surface area contributed by atoms with Crippen molar-refractivity contribution in [3.63, 3.8) is 0 Å². The molecule has 2 rings (SSSR count). The van der Waals surface area contributed by atoms with E-state index in [1.807, 2.05) is 14.1 Å². The van der Waals surface area contributed by atoms with Crippen LogP contribution in [-0.4, -0.2) is 45.4 Å². The minimum absolute atomic E-state index is 0.0383. The van der Waals surface area contributed by atoms with Gasteiger partial charge in [0.15, 0.2) is 0 Å². The summed E-state index contributed by atoms with van der Waals surface area (Å²) in [6.07, 6.45) is 2.97. The maximum Gasteiger partial charge on any atom is 0.281 e. The van der Waals surface area contributed by atoms with E-state index in [-0.39, 0.29) is 10.7 Å². The lowest BCUT2D eigenvalue weighted by Crippen LogP contribution is -2.09. The lowest BCUT2D eigenvalue weighted by atomic mass is 10.1. The molecule has 0 aliphatic rings. The van der Waals surface area contributed by atoms with Gasteiger partial charge in [-0.2, -0.15) is 5.10 Å². The summed E-state index contributed by atoms with van der Waals surface area (Å²) in [7, 11) is 3.62. The smallest absolute Gasteiger partial charge is 0.281 e. The molecule has 0 bridgehead atoms. The van der Waals surface area contributed by atoms with Gasteiger partial charge in [0.1, 0.15) is 4.99 Å². The Labute approximate surface area is 114 Å². The standard InChI is InChI=1S/C11H11N5O2S/c1-15(2)6-12-11(19)7-3-9-8(5-13-14-9)10(4-7)16(17)18/h3-6H,1-2H3,(H,13,14)/b12-6+. The number of nitro benzene ring substituents is 1. The Morgan fingerprint density at radius 2 is 2.32 bits per heavy atom. The van der Waals surface area contributed by atoms with Gasteiger partial charge < -0.3 is 4.90 Å². The highest BCUT2D eigenvalue weighted by molar-refractivity contribution is 7.80. The third kappa shape index (κ3) is 2.74. The topological polar surface area (TPSA) is 87.4 Å². The van der Waals surface area contributed by atoms with E-state index in [2.05, 4.69) is 15.2 Å². The molecule has 0 aliphatic carbocycles. The number of non-ortho nitro benzene ring substituents is 1. The number of nitrogens with one attached hydrogen (secondary N) is 1. The van der Waals surface area contributed by atoms with E-state index in [1.54, 1.807) is 17.3 Å². The van der Waals surface area contributed by atoms with Gasteiger partial charge in [-0.3, -0.25) is 15.2 Å². The van der Waals surface area contributed by atoms with Crippen LogP contribution in [-0.2, 0) is 0 Å². The lowest BCUT2D eigenvalue weighted by molar-refractivity contribution is -0.383. The minimum atomic E-state index is -0.459. The number of nitro groups is 1. The van der Waals surface area contributed by atoms with Gasteiger partial charge in [-0.05, 0) is 6.07 Å². The fourth-order valence-corrected chi connectivity index (χ4v) is 1.71. The normalized spacial score (nSPS) is 11.1. The maximum atomic E-state index is 11.0. The number of aromatic nitrogens is 2. The van der Waals surface area contributed by atoms with E-state index < -0.39 is 4.92 Å². The molecule has 0 fully saturated rings. The molecule has 0 atom stereocenters. The number of aromatic amines is 1. The van der Waals surface area contributed by atoms with Crippen molar-refractivity contribution < 1.29 is 4.92 Å². The number of rotatable bonds is 3. The fourth-order valence-electron chi connectivity index (χ4n) is 1.55. The van der Waals surface area contributed by atoms with Gasteiger partial charge in [0.2, 0.25) is 0 Å². The third-order valence-corrected chi connectivity index (χ3v) is 2.73. The first-order valence-corrected chi connectivity index (χ1v) is 5.76. The van der Waals surface area contributed by atoms with E-state index in [0.717, 1.165) is 0 Å². The van der Waals surface area contributed by atoms with Crippen molar-refractivity contribution in [1.29, 1.82) is 0 Å². The van der Waals surface area contributed by atoms with Crippen LogP contribution in [0.2, 0.25) is 0 Å². The Morgan fingerprint density at radius 1 is 1.58 bits per heavy atom. The predicted molar refractivity (Wildman–Crippen MR) is 76.6 cm³/mol. The van der Waals surface area contributed by atoms with Crippen LogP contribution in [0.15, 0.2) is 23.3 Å². The molecule has 1 aromatic heterocycles. The van der Waals surface area contributed by atoms with Crippen LogP contribution in [0, 0.1) is 10.1 Å². The van der Waals surface area contributed by atoms with E-state index >= 15 is 0 Å².